The van der Waals surface area contributed by atoms with Crippen molar-refractivity contribution in [2.24, 2.45) is 0 Å². The van der Waals surface area contributed by atoms with E-state index in [0.717, 1.165) is 32.0 Å². The lowest BCUT2D eigenvalue weighted by Gasteiger charge is -2.06. The van der Waals surface area contributed by atoms with Crippen molar-refractivity contribution in [2.75, 3.05) is 5.32 Å². The van der Waals surface area contributed by atoms with Gasteiger partial charge in [0, 0.05) is 21.1 Å². The van der Waals surface area contributed by atoms with Gasteiger partial charge in [0.1, 0.15) is 11.6 Å². The maximum absolute atomic E-state index is 12.3. The molecular formula is C20H17BrN6OS. The second kappa shape index (κ2) is 8.62. The van der Waals surface area contributed by atoms with Crippen LogP contribution in [0, 0.1) is 6.92 Å². The molecule has 0 unspecified atom stereocenters. The number of para-hydroxylation sites is 1. The number of tetrazole rings is 1. The van der Waals surface area contributed by atoms with Crippen LogP contribution in [0.4, 0.5) is 5.69 Å². The topological polar surface area (TPSA) is 85.6 Å². The van der Waals surface area contributed by atoms with Gasteiger partial charge in [-0.1, -0.05) is 34.1 Å². The lowest BCUT2D eigenvalue weighted by Crippen LogP contribution is -2.15. The minimum absolute atomic E-state index is 0.0865. The zero-order valence-corrected chi connectivity index (χ0v) is 17.9. The van der Waals surface area contributed by atoms with E-state index in [1.54, 1.807) is 0 Å². The average molecular weight is 469 g/mol. The summed E-state index contributed by atoms with van der Waals surface area (Å²) >= 11 is 4.86. The monoisotopic (exact) mass is 468 g/mol. The number of rotatable bonds is 6. The van der Waals surface area contributed by atoms with Crippen molar-refractivity contribution in [3.8, 4) is 11.4 Å². The summed E-state index contributed by atoms with van der Waals surface area (Å²) in [5, 5.41) is 18.2. The van der Waals surface area contributed by atoms with Crippen LogP contribution in [0.25, 0.3) is 11.4 Å². The van der Waals surface area contributed by atoms with Crippen molar-refractivity contribution in [3.63, 3.8) is 0 Å². The number of hydrogen-bond acceptors (Lipinski definition) is 6. The molecule has 0 atom stereocenters. The third kappa shape index (κ3) is 4.93. The average Bonchev–Trinajstić information content (AvgIpc) is 3.34. The molecule has 7 nitrogen and oxygen atoms in total. The Morgan fingerprint density at radius 1 is 1.17 bits per heavy atom. The minimum Gasteiger partial charge on any atom is -0.325 e. The van der Waals surface area contributed by atoms with Gasteiger partial charge < -0.3 is 5.32 Å². The number of aryl methyl sites for hydroxylation is 1. The first kappa shape index (κ1) is 19.4. The molecule has 9 heteroatoms. The standard InChI is InChI=1S/C20H17BrN6OS/c1-13-4-2-3-5-17(13)23-18(28)10-19-22-16(12-29-19)11-27-25-20(24-26-27)14-6-8-15(21)9-7-14/h2-9,12H,10-11H2,1H3,(H,23,28). The number of hydrogen-bond donors (Lipinski definition) is 1. The zero-order chi connectivity index (χ0) is 20.2. The van der Waals surface area contributed by atoms with E-state index in [2.05, 4.69) is 41.6 Å². The Kier molecular flexibility index (Phi) is 5.77. The van der Waals surface area contributed by atoms with Gasteiger partial charge in [-0.2, -0.15) is 4.80 Å². The molecule has 0 aliphatic heterocycles. The number of anilines is 1. The van der Waals surface area contributed by atoms with E-state index < -0.39 is 0 Å². The quantitative estimate of drug-likeness (QED) is 0.460. The number of nitrogens with zero attached hydrogens (tertiary/aromatic N) is 5. The molecule has 4 rings (SSSR count). The highest BCUT2D eigenvalue weighted by Gasteiger charge is 2.11. The van der Waals surface area contributed by atoms with Gasteiger partial charge in [0.25, 0.3) is 0 Å². The summed E-state index contributed by atoms with van der Waals surface area (Å²) < 4.78 is 0.995. The highest BCUT2D eigenvalue weighted by Crippen LogP contribution is 2.18. The molecule has 0 bridgehead atoms. The van der Waals surface area contributed by atoms with Crippen molar-refractivity contribution in [2.45, 2.75) is 19.9 Å². The molecule has 2 aromatic carbocycles. The van der Waals surface area contributed by atoms with Crippen molar-refractivity contribution in [1.82, 2.24) is 25.2 Å². The first-order chi connectivity index (χ1) is 14.1. The Morgan fingerprint density at radius 2 is 1.97 bits per heavy atom. The van der Waals surface area contributed by atoms with E-state index in [1.165, 1.54) is 16.1 Å². The predicted octanol–water partition coefficient (Wildman–Crippen LogP) is 4.10. The third-order valence-corrected chi connectivity index (χ3v) is 5.62. The van der Waals surface area contributed by atoms with E-state index in [0.29, 0.717) is 12.4 Å². The van der Waals surface area contributed by atoms with Crippen LogP contribution in [0.5, 0.6) is 0 Å². The van der Waals surface area contributed by atoms with Gasteiger partial charge in [0.15, 0.2) is 0 Å². The molecule has 0 saturated carbocycles. The third-order valence-electron chi connectivity index (χ3n) is 4.19. The fraction of sp³-hybridized carbons (Fsp3) is 0.150. The van der Waals surface area contributed by atoms with Gasteiger partial charge >= 0.3 is 0 Å². The lowest BCUT2D eigenvalue weighted by molar-refractivity contribution is -0.115. The Morgan fingerprint density at radius 3 is 2.76 bits per heavy atom. The van der Waals surface area contributed by atoms with Gasteiger partial charge in [-0.25, -0.2) is 4.98 Å². The molecule has 29 heavy (non-hydrogen) atoms. The summed E-state index contributed by atoms with van der Waals surface area (Å²) in [6.45, 7) is 2.37. The first-order valence-corrected chi connectivity index (χ1v) is 10.6. The molecule has 4 aromatic rings. The highest BCUT2D eigenvalue weighted by molar-refractivity contribution is 9.10. The molecule has 2 aromatic heterocycles. The highest BCUT2D eigenvalue weighted by atomic mass is 79.9. The van der Waals surface area contributed by atoms with Crippen LogP contribution in [0.1, 0.15) is 16.3 Å². The Labute approximate surface area is 179 Å². The van der Waals surface area contributed by atoms with Gasteiger partial charge in [-0.15, -0.1) is 21.5 Å². The number of thiazole rings is 1. The van der Waals surface area contributed by atoms with Crippen LogP contribution < -0.4 is 5.32 Å². The molecule has 2 heterocycles. The summed E-state index contributed by atoms with van der Waals surface area (Å²) in [5.74, 6) is 0.474. The number of carbonyl (C=O) groups is 1. The van der Waals surface area contributed by atoms with E-state index in [4.69, 9.17) is 0 Å². The summed E-state index contributed by atoms with van der Waals surface area (Å²) in [7, 11) is 0. The molecule has 1 amide bonds. The molecule has 1 N–H and O–H groups in total. The molecule has 0 aliphatic rings. The second-order valence-corrected chi connectivity index (χ2v) is 8.28. The van der Waals surface area contributed by atoms with E-state index in [1.807, 2.05) is 60.8 Å². The van der Waals surface area contributed by atoms with Gasteiger partial charge in [0.2, 0.25) is 11.7 Å². The Balaban J connectivity index is 1.37. The summed E-state index contributed by atoms with van der Waals surface area (Å²) in [6, 6.07) is 15.4. The molecule has 0 aliphatic carbocycles. The number of nitrogens with one attached hydrogen (secondary N) is 1. The molecule has 0 spiro atoms. The van der Waals surface area contributed by atoms with Crippen LogP contribution in [0.3, 0.4) is 0 Å². The minimum atomic E-state index is -0.0865. The van der Waals surface area contributed by atoms with Crippen molar-refractivity contribution in [1.29, 1.82) is 0 Å². The lowest BCUT2D eigenvalue weighted by atomic mass is 10.2. The number of aromatic nitrogens is 5. The van der Waals surface area contributed by atoms with Crippen molar-refractivity contribution >= 4 is 38.9 Å². The molecule has 0 saturated heterocycles. The van der Waals surface area contributed by atoms with Gasteiger partial charge in [-0.3, -0.25) is 4.79 Å². The smallest absolute Gasteiger partial charge is 0.231 e. The largest absolute Gasteiger partial charge is 0.325 e. The van der Waals surface area contributed by atoms with Crippen molar-refractivity contribution < 1.29 is 4.79 Å². The number of halogens is 1. The maximum Gasteiger partial charge on any atom is 0.231 e. The first-order valence-electron chi connectivity index (χ1n) is 8.89. The second-order valence-electron chi connectivity index (χ2n) is 6.42. The number of benzene rings is 2. The number of amides is 1. The number of carbonyl (C=O) groups excluding carboxylic acids is 1. The van der Waals surface area contributed by atoms with Gasteiger partial charge in [0.05, 0.1) is 12.1 Å². The van der Waals surface area contributed by atoms with Crippen LogP contribution in [-0.4, -0.2) is 31.1 Å². The fourth-order valence-corrected chi connectivity index (χ4v) is 3.77. The molecule has 146 valence electrons. The van der Waals surface area contributed by atoms with E-state index in [-0.39, 0.29) is 12.3 Å². The van der Waals surface area contributed by atoms with Crippen LogP contribution in [0.15, 0.2) is 58.4 Å². The van der Waals surface area contributed by atoms with E-state index >= 15 is 0 Å². The summed E-state index contributed by atoms with van der Waals surface area (Å²) in [6.07, 6.45) is 0.230. The maximum atomic E-state index is 12.3. The molecule has 0 radical (unpaired) electrons. The molecular weight excluding hydrogens is 452 g/mol. The SMILES string of the molecule is Cc1ccccc1NC(=O)Cc1nc(Cn2nnc(-c3ccc(Br)cc3)n2)cs1. The predicted molar refractivity (Wildman–Crippen MR) is 116 cm³/mol. The van der Waals surface area contributed by atoms with Crippen LogP contribution >= 0.6 is 27.3 Å². The fourth-order valence-electron chi connectivity index (χ4n) is 2.72. The normalized spacial score (nSPS) is 10.8. The molecule has 0 fully saturated rings. The summed E-state index contributed by atoms with van der Waals surface area (Å²) in [5.41, 5.74) is 3.54. The van der Waals surface area contributed by atoms with Crippen LogP contribution in [0.2, 0.25) is 0 Å². The van der Waals surface area contributed by atoms with Crippen molar-refractivity contribution in [3.05, 3.63) is 74.6 Å². The van der Waals surface area contributed by atoms with Crippen LogP contribution in [-0.2, 0) is 17.8 Å². The summed E-state index contributed by atoms with van der Waals surface area (Å²) in [4.78, 5) is 18.3. The zero-order valence-electron chi connectivity index (χ0n) is 15.5. The Hall–Kier alpha value is -2.91. The van der Waals surface area contributed by atoms with Gasteiger partial charge in [-0.05, 0) is 48.0 Å². The Bertz CT molecular complexity index is 1140. The van der Waals surface area contributed by atoms with E-state index in [9.17, 15) is 4.79 Å².